The number of hydrogen-bond acceptors (Lipinski definition) is 5. The molecule has 61 heavy (non-hydrogen) atoms. The van der Waals surface area contributed by atoms with Gasteiger partial charge in [-0.05, 0) is 93.4 Å². The standard InChI is InChI=1S/C55H33N5O/c1-2-13-33(14-3-1)52-57-53(38-18-11-19-39(30-38)60-47-25-8-6-21-43(47)44-22-7-9-26-48(44)60)59-54(58-52)51-50-46-31-35(27-28-49(46)61-55(50)56-51)34-16-10-17-36(29-34)41-23-12-24-42-40-20-5-4-15-37(40)32-45(41)42/h1-31H,32H2. The van der Waals surface area contributed by atoms with Gasteiger partial charge in [0.05, 0.1) is 16.6 Å². The third-order valence-electron chi connectivity index (χ3n) is 12.3. The molecule has 8 aromatic carbocycles. The van der Waals surface area contributed by atoms with E-state index in [1.165, 1.54) is 44.2 Å². The summed E-state index contributed by atoms with van der Waals surface area (Å²) in [5, 5.41) is 3.41. The van der Waals surface area contributed by atoms with Crippen LogP contribution < -0.4 is 0 Å². The molecule has 0 saturated heterocycles. The molecule has 0 atom stereocenters. The second-order valence-electron chi connectivity index (χ2n) is 15.8. The molecule has 6 heteroatoms. The van der Waals surface area contributed by atoms with E-state index in [1.807, 2.05) is 36.4 Å². The minimum absolute atomic E-state index is 0.507. The van der Waals surface area contributed by atoms with Crippen LogP contribution in [-0.4, -0.2) is 25.2 Å². The van der Waals surface area contributed by atoms with E-state index in [2.05, 4.69) is 156 Å². The van der Waals surface area contributed by atoms with Gasteiger partial charge in [0.1, 0.15) is 11.3 Å². The lowest BCUT2D eigenvalue weighted by molar-refractivity contribution is 0.620. The molecule has 0 unspecified atom stereocenters. The fourth-order valence-corrected chi connectivity index (χ4v) is 9.44. The normalized spacial score (nSPS) is 12.6. The van der Waals surface area contributed by atoms with Crippen LogP contribution in [0.15, 0.2) is 197 Å². The third-order valence-corrected chi connectivity index (χ3v) is 12.3. The molecule has 0 fully saturated rings. The molecule has 0 radical (unpaired) electrons. The Morgan fingerprint density at radius 1 is 0.426 bits per heavy atom. The summed E-state index contributed by atoms with van der Waals surface area (Å²) in [6, 6.07) is 66.3. The minimum atomic E-state index is 0.507. The maximum atomic E-state index is 6.30. The molecule has 284 valence electrons. The molecule has 4 heterocycles. The van der Waals surface area contributed by atoms with Crippen molar-refractivity contribution in [3.05, 3.63) is 211 Å². The third kappa shape index (κ3) is 5.29. The van der Waals surface area contributed by atoms with Crippen molar-refractivity contribution in [3.63, 3.8) is 0 Å². The lowest BCUT2D eigenvalue weighted by Gasteiger charge is -2.15. The van der Waals surface area contributed by atoms with Gasteiger partial charge in [-0.1, -0.05) is 146 Å². The average molecular weight is 780 g/mol. The van der Waals surface area contributed by atoms with Crippen molar-refractivity contribution in [2.75, 3.05) is 0 Å². The molecule has 13 rings (SSSR count). The highest BCUT2D eigenvalue weighted by molar-refractivity contribution is 6.26. The molecule has 11 aromatic rings. The molecule has 6 nitrogen and oxygen atoms in total. The summed E-state index contributed by atoms with van der Waals surface area (Å²) in [4.78, 5) is 20.2. The first-order chi connectivity index (χ1) is 30.2. The predicted molar refractivity (Wildman–Crippen MR) is 246 cm³/mol. The number of fused-ring (bicyclic) bond motifs is 9. The lowest BCUT2D eigenvalue weighted by atomic mass is 9.93. The number of hydrogen-bond donors (Lipinski definition) is 0. The predicted octanol–water partition coefficient (Wildman–Crippen LogP) is 13.4. The summed E-state index contributed by atoms with van der Waals surface area (Å²) in [7, 11) is 0. The van der Waals surface area contributed by atoms with Crippen LogP contribution in [0.25, 0.3) is 94.6 Å². The van der Waals surface area contributed by atoms with Crippen molar-refractivity contribution in [1.29, 1.82) is 0 Å². The van der Waals surface area contributed by atoms with Crippen molar-refractivity contribution in [3.8, 4) is 61.8 Å². The molecular weight excluding hydrogens is 747 g/mol. The summed E-state index contributed by atoms with van der Waals surface area (Å²) in [5.74, 6) is 2.25. The summed E-state index contributed by atoms with van der Waals surface area (Å²) < 4.78 is 8.61. The van der Waals surface area contributed by atoms with Crippen LogP contribution in [0.4, 0.5) is 5.88 Å². The summed E-state index contributed by atoms with van der Waals surface area (Å²) >= 11 is 0. The quantitative estimate of drug-likeness (QED) is 0.169. The largest absolute Gasteiger partial charge is 0.438 e. The molecule has 0 spiro atoms. The molecular formula is C55H33N5O. The first-order valence-corrected chi connectivity index (χ1v) is 20.6. The van der Waals surface area contributed by atoms with E-state index in [0.717, 1.165) is 61.9 Å². The Kier molecular flexibility index (Phi) is 7.27. The van der Waals surface area contributed by atoms with E-state index in [4.69, 9.17) is 24.4 Å². The molecule has 1 aliphatic heterocycles. The van der Waals surface area contributed by atoms with Gasteiger partial charge in [0.25, 0.3) is 0 Å². The topological polar surface area (TPSA) is 69.1 Å². The molecule has 3 aromatic heterocycles. The number of para-hydroxylation sites is 2. The number of aliphatic imine (C=N–C) groups is 1. The summed E-state index contributed by atoms with van der Waals surface area (Å²) in [5.41, 5.74) is 17.6. The first-order valence-electron chi connectivity index (χ1n) is 20.6. The zero-order valence-corrected chi connectivity index (χ0v) is 32.7. The van der Waals surface area contributed by atoms with Crippen LogP contribution in [0.5, 0.6) is 0 Å². The number of benzene rings is 8. The van der Waals surface area contributed by atoms with Gasteiger partial charge >= 0.3 is 0 Å². The molecule has 1 aliphatic carbocycles. The Bertz CT molecular complexity index is 3580. The van der Waals surface area contributed by atoms with Crippen molar-refractivity contribution >= 4 is 44.4 Å². The smallest absolute Gasteiger partial charge is 0.230 e. The average Bonchev–Trinajstić information content (AvgIpc) is 3.96. The second-order valence-corrected chi connectivity index (χ2v) is 15.8. The van der Waals surface area contributed by atoms with Crippen molar-refractivity contribution in [2.45, 2.75) is 6.42 Å². The van der Waals surface area contributed by atoms with E-state index in [1.54, 1.807) is 0 Å². The van der Waals surface area contributed by atoms with Gasteiger partial charge in [-0.2, -0.15) is 0 Å². The van der Waals surface area contributed by atoms with Crippen LogP contribution in [-0.2, 0) is 6.42 Å². The van der Waals surface area contributed by atoms with E-state index >= 15 is 0 Å². The Morgan fingerprint density at radius 2 is 1.05 bits per heavy atom. The van der Waals surface area contributed by atoms with Gasteiger partial charge in [0, 0.05) is 33.0 Å². The van der Waals surface area contributed by atoms with E-state index in [-0.39, 0.29) is 0 Å². The van der Waals surface area contributed by atoms with Crippen molar-refractivity contribution < 1.29 is 4.42 Å². The van der Waals surface area contributed by atoms with Crippen LogP contribution in [0, 0.1) is 0 Å². The second kappa shape index (κ2) is 13.1. The molecule has 0 amide bonds. The highest BCUT2D eigenvalue weighted by Gasteiger charge is 2.31. The van der Waals surface area contributed by atoms with Crippen LogP contribution in [0.2, 0.25) is 0 Å². The summed E-state index contributed by atoms with van der Waals surface area (Å²) in [6.45, 7) is 0. The van der Waals surface area contributed by atoms with Crippen molar-refractivity contribution in [2.24, 2.45) is 4.99 Å². The van der Waals surface area contributed by atoms with E-state index in [0.29, 0.717) is 29.1 Å². The molecule has 0 N–H and O–H groups in total. The Balaban J connectivity index is 0.900. The number of aromatic nitrogens is 4. The maximum absolute atomic E-state index is 6.30. The van der Waals surface area contributed by atoms with Gasteiger partial charge in [-0.15, -0.1) is 0 Å². The highest BCUT2D eigenvalue weighted by Crippen LogP contribution is 2.45. The zero-order valence-electron chi connectivity index (χ0n) is 32.7. The number of furan rings is 1. The summed E-state index contributed by atoms with van der Waals surface area (Å²) in [6.07, 6.45) is 0.943. The van der Waals surface area contributed by atoms with E-state index in [9.17, 15) is 0 Å². The van der Waals surface area contributed by atoms with Gasteiger partial charge in [-0.3, -0.25) is 0 Å². The van der Waals surface area contributed by atoms with E-state index < -0.39 is 0 Å². The van der Waals surface area contributed by atoms with Gasteiger partial charge in [0.15, 0.2) is 17.5 Å². The molecule has 0 bridgehead atoms. The van der Waals surface area contributed by atoms with Gasteiger partial charge < -0.3 is 8.98 Å². The van der Waals surface area contributed by atoms with Crippen LogP contribution >= 0.6 is 0 Å². The lowest BCUT2D eigenvalue weighted by Crippen LogP contribution is -2.16. The first kappa shape index (κ1) is 33.7. The molecule has 2 aliphatic rings. The molecule has 0 saturated carbocycles. The highest BCUT2D eigenvalue weighted by atomic mass is 16.4. The van der Waals surface area contributed by atoms with Gasteiger partial charge in [-0.25, -0.2) is 19.9 Å². The Labute approximate surface area is 350 Å². The Hall–Kier alpha value is -8.22. The fourth-order valence-electron chi connectivity index (χ4n) is 9.44. The minimum Gasteiger partial charge on any atom is -0.438 e. The SMILES string of the molecule is c1ccc(-c2nc(C3=Nc4oc5ccc(-c6cccc(-c7cccc8c7Cc7ccccc7-8)c6)cc5c43)nc(-c3cccc(-n4c5ccccc5c5ccccc54)c3)n2)cc1. The zero-order chi connectivity index (χ0) is 40.0. The fraction of sp³-hybridized carbons (Fsp3) is 0.0182. The number of rotatable bonds is 6. The van der Waals surface area contributed by atoms with Crippen LogP contribution in [0.3, 0.4) is 0 Å². The Morgan fingerprint density at radius 3 is 1.90 bits per heavy atom. The van der Waals surface area contributed by atoms with Crippen molar-refractivity contribution in [1.82, 2.24) is 19.5 Å². The maximum Gasteiger partial charge on any atom is 0.230 e. The number of nitrogens with zero attached hydrogens (tertiary/aromatic N) is 5. The van der Waals surface area contributed by atoms with Crippen LogP contribution in [0.1, 0.15) is 22.5 Å². The monoisotopic (exact) mass is 779 g/mol. The van der Waals surface area contributed by atoms with Gasteiger partial charge in [0.2, 0.25) is 5.88 Å².